The maximum atomic E-state index is 10.3. The minimum Gasteiger partial charge on any atom is -0.438 e. The predicted molar refractivity (Wildman–Crippen MR) is 311 cm³/mol. The third-order valence-corrected chi connectivity index (χ3v) is 13.0. The van der Waals surface area contributed by atoms with Crippen LogP contribution in [-0.4, -0.2) is 23.2 Å². The Labute approximate surface area is 470 Å². The van der Waals surface area contributed by atoms with Crippen molar-refractivity contribution in [2.45, 2.75) is 13.8 Å². The molecule has 9 heterocycles. The summed E-state index contributed by atoms with van der Waals surface area (Å²) in [6.45, 7) is 5.67. The fraction of sp³-hybridized carbons (Fsp3) is 0.0571. The van der Waals surface area contributed by atoms with Gasteiger partial charge in [-0.25, -0.2) is 0 Å². The number of benzene rings is 8. The molecule has 12 bridgehead atoms. The normalized spacial score (nSPS) is 11.3. The second kappa shape index (κ2) is 25.2. The van der Waals surface area contributed by atoms with Gasteiger partial charge in [0.2, 0.25) is 23.5 Å². The van der Waals surface area contributed by atoms with Crippen LogP contribution in [0.5, 0.6) is 46.5 Å². The quantitative estimate of drug-likeness (QED) is 0.155. The number of hydrogen-bond donors (Lipinski definition) is 0. The van der Waals surface area contributed by atoms with Gasteiger partial charge in [0, 0.05) is 13.2 Å². The lowest BCUT2D eigenvalue weighted by molar-refractivity contribution is 0.162. The van der Waals surface area contributed by atoms with Gasteiger partial charge in [-0.15, -0.1) is 0 Å². The van der Waals surface area contributed by atoms with Crippen molar-refractivity contribution in [1.82, 2.24) is 9.97 Å². The van der Waals surface area contributed by atoms with E-state index in [1.165, 1.54) is 12.1 Å². The van der Waals surface area contributed by atoms with Crippen molar-refractivity contribution < 1.29 is 23.7 Å². The number of pyridine rings is 2. The zero-order valence-electron chi connectivity index (χ0n) is 44.1. The van der Waals surface area contributed by atoms with E-state index in [0.29, 0.717) is 23.0 Å². The van der Waals surface area contributed by atoms with Gasteiger partial charge in [-0.1, -0.05) is 170 Å². The summed E-state index contributed by atoms with van der Waals surface area (Å²) >= 11 is 0. The van der Waals surface area contributed by atoms with Gasteiger partial charge >= 0.3 is 0 Å². The lowest BCUT2D eigenvalue weighted by atomic mass is 9.86. The molecule has 10 aromatic rings. The Hall–Kier alpha value is -11.3. The molecule has 81 heavy (non-hydrogen) atoms. The molecule has 0 radical (unpaired) electrons. The summed E-state index contributed by atoms with van der Waals surface area (Å²) in [6.07, 6.45) is 0. The zero-order chi connectivity index (χ0) is 55.9. The highest BCUT2D eigenvalue weighted by Crippen LogP contribution is 2.42. The van der Waals surface area contributed by atoms with Crippen LogP contribution in [0.2, 0.25) is 0 Å². The third-order valence-electron chi connectivity index (χ3n) is 13.0. The number of nitrogens with zero attached hydrogens (tertiary/aromatic N) is 6. The highest BCUT2D eigenvalue weighted by Gasteiger charge is 2.22. The standard InChI is InChI=1S/C66H38N6O4.C4H10O/c67-39-51-37-53(41-69)65-71-63(51)73-55-29-21-47(22-30-55)61(59(43-13-5-1-6-14-43)44-15-7-2-8-16-44)48-23-31-56(32-24-48)74-64-52(40-68)38-54(42-70)66(72-64)76-58-35-27-50(28-36-58)62(49-25-33-57(75-65)34-26-49)60(45-17-9-3-10-18-45)46-19-11-4-12-20-46;1-3-5-4-2/h1-38H;3-4H2,1-2H3. The fourth-order valence-corrected chi connectivity index (χ4v) is 9.24. The van der Waals surface area contributed by atoms with Crippen molar-refractivity contribution in [2.75, 3.05) is 13.2 Å². The van der Waals surface area contributed by atoms with Gasteiger partial charge in [0.05, 0.1) is 0 Å². The summed E-state index contributed by atoms with van der Waals surface area (Å²) in [4.78, 5) is 9.27. The molecule has 0 N–H and O–H groups in total. The smallest absolute Gasteiger partial charge is 0.240 e. The fourth-order valence-electron chi connectivity index (χ4n) is 9.24. The van der Waals surface area contributed by atoms with Crippen molar-refractivity contribution in [3.05, 3.63) is 297 Å². The Morgan fingerprint density at radius 2 is 0.556 bits per heavy atom. The Kier molecular flexibility index (Phi) is 16.5. The summed E-state index contributed by atoms with van der Waals surface area (Å²) in [7, 11) is 0. The number of hydrogen-bond acceptors (Lipinski definition) is 11. The van der Waals surface area contributed by atoms with E-state index in [9.17, 15) is 21.0 Å². The number of aromatic nitrogens is 2. The first kappa shape index (κ1) is 53.1. The summed E-state index contributed by atoms with van der Waals surface area (Å²) < 4.78 is 30.3. The monoisotopic (exact) mass is 1050 g/mol. The summed E-state index contributed by atoms with van der Waals surface area (Å²) in [5.41, 5.74) is 11.1. The molecule has 0 spiro atoms. The van der Waals surface area contributed by atoms with E-state index in [1.54, 1.807) is 48.5 Å². The molecule has 7 aliphatic heterocycles. The van der Waals surface area contributed by atoms with Gasteiger partial charge < -0.3 is 23.7 Å². The molecule has 0 unspecified atom stereocenters. The van der Waals surface area contributed by atoms with Crippen LogP contribution in [0.15, 0.2) is 231 Å². The molecule has 0 saturated heterocycles. The highest BCUT2D eigenvalue weighted by atomic mass is 16.5. The maximum absolute atomic E-state index is 10.3. The minimum absolute atomic E-state index is 0.0360. The number of rotatable bonds is 6. The zero-order valence-corrected chi connectivity index (χ0v) is 44.1. The van der Waals surface area contributed by atoms with Crippen molar-refractivity contribution in [3.63, 3.8) is 0 Å². The highest BCUT2D eigenvalue weighted by molar-refractivity contribution is 6.05. The topological polar surface area (TPSA) is 167 Å². The number of ether oxygens (including phenoxy) is 5. The first-order chi connectivity index (χ1) is 39.9. The average Bonchev–Trinajstić information content (AvgIpc) is 3.63. The average molecular weight is 1050 g/mol. The lowest BCUT2D eigenvalue weighted by Crippen LogP contribution is -2.01. The molecule has 0 atom stereocenters. The molecular formula is C70H48N6O5. The Morgan fingerprint density at radius 3 is 0.741 bits per heavy atom. The molecule has 7 aliphatic rings. The second-order valence-electron chi connectivity index (χ2n) is 18.1. The molecule has 0 amide bonds. The first-order valence-corrected chi connectivity index (χ1v) is 26.0. The molecule has 11 heteroatoms. The Morgan fingerprint density at radius 1 is 0.333 bits per heavy atom. The van der Waals surface area contributed by atoms with Gasteiger partial charge in [-0.3, -0.25) is 0 Å². The van der Waals surface area contributed by atoms with E-state index in [4.69, 9.17) is 23.7 Å². The van der Waals surface area contributed by atoms with E-state index in [-0.39, 0.29) is 45.8 Å². The maximum Gasteiger partial charge on any atom is 0.240 e. The first-order valence-electron chi connectivity index (χ1n) is 26.0. The molecule has 11 nitrogen and oxygen atoms in total. The van der Waals surface area contributed by atoms with E-state index in [1.807, 2.05) is 135 Å². The number of nitriles is 4. The van der Waals surface area contributed by atoms with Gasteiger partial charge in [0.15, 0.2) is 0 Å². The molecule has 0 fully saturated rings. The third kappa shape index (κ3) is 12.1. The second-order valence-corrected chi connectivity index (χ2v) is 18.1. The van der Waals surface area contributed by atoms with E-state index < -0.39 is 0 Å². The van der Waals surface area contributed by atoms with Crippen LogP contribution in [-0.2, 0) is 4.74 Å². The molecule has 0 aliphatic carbocycles. The van der Waals surface area contributed by atoms with Crippen LogP contribution in [0.4, 0.5) is 0 Å². The van der Waals surface area contributed by atoms with Crippen molar-refractivity contribution in [1.29, 1.82) is 21.0 Å². The van der Waals surface area contributed by atoms with Gasteiger partial charge in [0.25, 0.3) is 0 Å². The largest absolute Gasteiger partial charge is 0.438 e. The summed E-state index contributed by atoms with van der Waals surface area (Å²) in [6, 6.07) is 81.6. The van der Waals surface area contributed by atoms with Crippen LogP contribution in [0.1, 0.15) is 80.6 Å². The van der Waals surface area contributed by atoms with E-state index in [2.05, 4.69) is 82.8 Å². The van der Waals surface area contributed by atoms with Crippen LogP contribution < -0.4 is 18.9 Å². The van der Waals surface area contributed by atoms with Crippen LogP contribution in [0.3, 0.4) is 0 Å². The summed E-state index contributed by atoms with van der Waals surface area (Å²) in [5, 5.41) is 41.2. The molecular weight excluding hydrogens is 1000 g/mol. The molecule has 2 aromatic heterocycles. The Bertz CT molecular complexity index is 3570. The van der Waals surface area contributed by atoms with Crippen molar-refractivity contribution >= 4 is 22.3 Å². The predicted octanol–water partition coefficient (Wildman–Crippen LogP) is 16.5. The van der Waals surface area contributed by atoms with Crippen LogP contribution >= 0.6 is 0 Å². The van der Waals surface area contributed by atoms with E-state index in [0.717, 1.165) is 80.0 Å². The Balaban J connectivity index is 0.00000141. The summed E-state index contributed by atoms with van der Waals surface area (Å²) in [5.74, 6) is 1.40. The molecule has 8 aromatic carbocycles. The SMILES string of the molecule is CCOCC.N#Cc1cc(C#N)c2nc1Oc1ccc(cc1)C(=C(c1ccccc1)c1ccccc1)c1ccc(cc1)Oc1nc(c(C#N)cc1C#N)Oc1ccc(cc1)C(=C(c1ccccc1)c1ccccc1)c1ccc(cc1)O2. The van der Waals surface area contributed by atoms with Gasteiger partial charge in [0.1, 0.15) is 69.5 Å². The van der Waals surface area contributed by atoms with E-state index >= 15 is 0 Å². The van der Waals surface area contributed by atoms with Gasteiger partial charge in [-0.2, -0.15) is 31.0 Å². The van der Waals surface area contributed by atoms with Crippen molar-refractivity contribution in [2.24, 2.45) is 0 Å². The van der Waals surface area contributed by atoms with Crippen LogP contribution in [0.25, 0.3) is 22.3 Å². The molecule has 388 valence electrons. The molecule has 0 saturated carbocycles. The van der Waals surface area contributed by atoms with Gasteiger partial charge in [-0.05, 0) is 141 Å². The van der Waals surface area contributed by atoms with Crippen LogP contribution in [0, 0.1) is 45.3 Å². The van der Waals surface area contributed by atoms with Crippen molar-refractivity contribution in [3.8, 4) is 70.8 Å². The lowest BCUT2D eigenvalue weighted by Gasteiger charge is -2.19. The molecule has 17 rings (SSSR count). The minimum atomic E-state index is -0.0360.